The minimum Gasteiger partial charge on any atom is -0.366 e. The van der Waals surface area contributed by atoms with Crippen LogP contribution in [0.2, 0.25) is 0 Å². The van der Waals surface area contributed by atoms with Crippen molar-refractivity contribution in [3.63, 3.8) is 0 Å². The first-order valence-corrected chi connectivity index (χ1v) is 11.6. The molecule has 0 aromatic carbocycles. The maximum absolute atomic E-state index is 13.5. The molecule has 0 radical (unpaired) electrons. The van der Waals surface area contributed by atoms with Crippen LogP contribution in [0.5, 0.6) is 0 Å². The monoisotopic (exact) mass is 343 g/mol. The molecule has 3 nitrogen and oxygen atoms in total. The van der Waals surface area contributed by atoms with Crippen molar-refractivity contribution in [3.8, 4) is 0 Å². The second-order valence-electron chi connectivity index (χ2n) is 6.87. The Hall–Kier alpha value is -0.560. The van der Waals surface area contributed by atoms with Crippen molar-refractivity contribution in [3.05, 3.63) is 11.9 Å². The lowest BCUT2D eigenvalue weighted by molar-refractivity contribution is -0.113. The molecular weight excluding hydrogens is 305 g/mol. The molecule has 0 aromatic rings. The van der Waals surface area contributed by atoms with Crippen molar-refractivity contribution >= 4 is 13.0 Å². The van der Waals surface area contributed by atoms with E-state index in [0.29, 0.717) is 11.8 Å². The van der Waals surface area contributed by atoms with Gasteiger partial charge in [0, 0.05) is 18.4 Å². The topological polar surface area (TPSA) is 60.2 Å². The van der Waals surface area contributed by atoms with E-state index >= 15 is 0 Å². The van der Waals surface area contributed by atoms with E-state index in [4.69, 9.17) is 5.73 Å². The number of unbranched alkanes of at least 4 members (excludes halogenated alkanes) is 2. The Balaban J connectivity index is 5.06. The molecule has 0 aliphatic heterocycles. The smallest absolute Gasteiger partial charge is 0.241 e. The van der Waals surface area contributed by atoms with E-state index in [0.717, 1.165) is 38.0 Å². The van der Waals surface area contributed by atoms with E-state index in [9.17, 15) is 9.36 Å². The Bertz CT molecular complexity index is 371. The molecule has 0 saturated carbocycles. The maximum Gasteiger partial charge on any atom is 0.241 e. The normalized spacial score (nSPS) is 17.0. The van der Waals surface area contributed by atoms with Crippen LogP contribution in [0.3, 0.4) is 0 Å². The van der Waals surface area contributed by atoms with Crippen LogP contribution in [0.4, 0.5) is 0 Å². The van der Waals surface area contributed by atoms with Crippen molar-refractivity contribution in [1.82, 2.24) is 0 Å². The quantitative estimate of drug-likeness (QED) is 0.321. The van der Waals surface area contributed by atoms with Gasteiger partial charge in [0.05, 0.1) is 0 Å². The van der Waals surface area contributed by atoms with Gasteiger partial charge in [0.1, 0.15) is 7.14 Å². The predicted octanol–water partition coefficient (Wildman–Crippen LogP) is 5.78. The lowest BCUT2D eigenvalue weighted by Gasteiger charge is -2.25. The molecule has 0 heterocycles. The molecule has 2 unspecified atom stereocenters. The molecule has 0 aromatic heterocycles. The number of primary amides is 1. The largest absolute Gasteiger partial charge is 0.366 e. The minimum absolute atomic E-state index is 0.488. The molecule has 2 atom stereocenters. The van der Waals surface area contributed by atoms with Gasteiger partial charge in [-0.2, -0.15) is 0 Å². The Labute approximate surface area is 143 Å². The molecule has 2 N–H and O–H groups in total. The molecule has 0 aliphatic carbocycles. The highest BCUT2D eigenvalue weighted by atomic mass is 31.2. The van der Waals surface area contributed by atoms with Crippen molar-refractivity contribution in [2.75, 3.05) is 12.3 Å². The Morgan fingerprint density at radius 1 is 0.957 bits per heavy atom. The van der Waals surface area contributed by atoms with Crippen LogP contribution in [0.15, 0.2) is 11.9 Å². The molecule has 1 amide bonds. The first-order valence-electron chi connectivity index (χ1n) is 9.47. The predicted molar refractivity (Wildman–Crippen MR) is 102 cm³/mol. The van der Waals surface area contributed by atoms with Gasteiger partial charge in [-0.15, -0.1) is 0 Å². The summed E-state index contributed by atoms with van der Waals surface area (Å²) in [6, 6.07) is 0. The molecule has 0 spiro atoms. The second kappa shape index (κ2) is 12.8. The summed E-state index contributed by atoms with van der Waals surface area (Å²) in [7, 11) is -2.48. The summed E-state index contributed by atoms with van der Waals surface area (Å²) in [5, 5.41) is 0. The maximum atomic E-state index is 13.5. The molecule has 0 saturated heterocycles. The van der Waals surface area contributed by atoms with Gasteiger partial charge in [-0.25, -0.2) is 0 Å². The van der Waals surface area contributed by atoms with Crippen molar-refractivity contribution < 1.29 is 9.36 Å². The van der Waals surface area contributed by atoms with Crippen molar-refractivity contribution in [2.24, 2.45) is 17.6 Å². The summed E-state index contributed by atoms with van der Waals surface area (Å²) in [4.78, 5) is 11.1. The molecule has 0 bridgehead atoms. The molecule has 0 aliphatic rings. The lowest BCUT2D eigenvalue weighted by Crippen LogP contribution is -2.13. The number of amides is 1. The van der Waals surface area contributed by atoms with Crippen LogP contribution in [0.25, 0.3) is 0 Å². The fourth-order valence-corrected chi connectivity index (χ4v) is 6.56. The SMILES string of the molecule is CCCCC(CC)CP(=O)(C=CC(N)=O)CC(CC)CCCC. The van der Waals surface area contributed by atoms with E-state index < -0.39 is 13.0 Å². The number of hydrogen-bond donors (Lipinski definition) is 1. The standard InChI is InChI=1S/C19H38NO2P/c1-5-9-11-17(7-3)15-23(22,14-13-19(20)21)16-18(8-4)12-10-6-2/h13-14,17-18H,5-12,15-16H2,1-4H3,(H2,20,21). The first-order chi connectivity index (χ1) is 10.9. The summed E-state index contributed by atoms with van der Waals surface area (Å²) in [5.74, 6) is 2.15. The summed E-state index contributed by atoms with van der Waals surface area (Å²) in [5.41, 5.74) is 5.24. The lowest BCUT2D eigenvalue weighted by atomic mass is 10.0. The summed E-state index contributed by atoms with van der Waals surface area (Å²) in [6.07, 6.45) is 11.9. The molecule has 0 fully saturated rings. The molecule has 23 heavy (non-hydrogen) atoms. The third kappa shape index (κ3) is 10.8. The highest BCUT2D eigenvalue weighted by molar-refractivity contribution is 7.67. The van der Waals surface area contributed by atoms with E-state index in [2.05, 4.69) is 27.7 Å². The van der Waals surface area contributed by atoms with E-state index in [1.54, 1.807) is 5.82 Å². The third-order valence-corrected chi connectivity index (χ3v) is 7.69. The zero-order chi connectivity index (χ0) is 17.7. The highest BCUT2D eigenvalue weighted by Crippen LogP contribution is 2.52. The van der Waals surface area contributed by atoms with Gasteiger partial charge >= 0.3 is 0 Å². The van der Waals surface area contributed by atoms with Gasteiger partial charge in [0.15, 0.2) is 0 Å². The third-order valence-electron chi connectivity index (χ3n) is 4.73. The Morgan fingerprint density at radius 2 is 1.39 bits per heavy atom. The van der Waals surface area contributed by atoms with Crippen LogP contribution in [-0.2, 0) is 9.36 Å². The summed E-state index contributed by atoms with van der Waals surface area (Å²) < 4.78 is 13.5. The number of carbonyl (C=O) groups is 1. The zero-order valence-corrected chi connectivity index (χ0v) is 16.6. The minimum atomic E-state index is -2.48. The van der Waals surface area contributed by atoms with Crippen LogP contribution in [-0.4, -0.2) is 18.2 Å². The van der Waals surface area contributed by atoms with Crippen LogP contribution in [0.1, 0.15) is 79.1 Å². The molecule has 4 heteroatoms. The van der Waals surface area contributed by atoms with Crippen LogP contribution >= 0.6 is 7.14 Å². The summed E-state index contributed by atoms with van der Waals surface area (Å²) >= 11 is 0. The number of rotatable bonds is 14. The van der Waals surface area contributed by atoms with Crippen LogP contribution < -0.4 is 5.73 Å². The average Bonchev–Trinajstić information content (AvgIpc) is 2.53. The van der Waals surface area contributed by atoms with E-state index in [1.165, 1.54) is 31.8 Å². The summed E-state index contributed by atoms with van der Waals surface area (Å²) in [6.45, 7) is 8.74. The van der Waals surface area contributed by atoms with Gasteiger partial charge < -0.3 is 10.3 Å². The Morgan fingerprint density at radius 3 is 1.70 bits per heavy atom. The fraction of sp³-hybridized carbons (Fsp3) is 0.842. The zero-order valence-electron chi connectivity index (χ0n) is 15.7. The average molecular weight is 343 g/mol. The molecule has 136 valence electrons. The van der Waals surface area contributed by atoms with Gasteiger partial charge in [-0.05, 0) is 17.7 Å². The van der Waals surface area contributed by atoms with Crippen LogP contribution in [0, 0.1) is 11.8 Å². The van der Waals surface area contributed by atoms with Crippen molar-refractivity contribution in [1.29, 1.82) is 0 Å². The van der Waals surface area contributed by atoms with E-state index in [-0.39, 0.29) is 0 Å². The fourth-order valence-electron chi connectivity index (χ4n) is 3.11. The van der Waals surface area contributed by atoms with Crippen molar-refractivity contribution in [2.45, 2.75) is 79.1 Å². The highest BCUT2D eigenvalue weighted by Gasteiger charge is 2.26. The first kappa shape index (κ1) is 22.4. The second-order valence-corrected chi connectivity index (χ2v) is 9.80. The van der Waals surface area contributed by atoms with Gasteiger partial charge in [0.25, 0.3) is 0 Å². The Kier molecular flexibility index (Phi) is 12.5. The number of carbonyl (C=O) groups excluding carboxylic acids is 1. The molecule has 0 rings (SSSR count). The van der Waals surface area contributed by atoms with E-state index in [1.807, 2.05) is 0 Å². The number of nitrogens with two attached hydrogens (primary N) is 1. The molecular formula is C19H38NO2P. The van der Waals surface area contributed by atoms with Gasteiger partial charge in [-0.1, -0.05) is 79.1 Å². The van der Waals surface area contributed by atoms with Gasteiger partial charge in [0.2, 0.25) is 5.91 Å². The number of hydrogen-bond acceptors (Lipinski definition) is 2. The van der Waals surface area contributed by atoms with Gasteiger partial charge in [-0.3, -0.25) is 4.79 Å².